The van der Waals surface area contributed by atoms with E-state index in [0.717, 1.165) is 63.7 Å². The van der Waals surface area contributed by atoms with Crippen molar-refractivity contribution in [2.75, 3.05) is 13.2 Å². The van der Waals surface area contributed by atoms with Crippen LogP contribution >= 0.6 is 0 Å². The zero-order chi connectivity index (χ0) is 38.2. The fraction of sp³-hybridized carbons (Fsp3) is 0.935. The standard InChI is InChI=1S/C46H88O6/c1-5-8-10-12-14-16-18-19-20-21-23-25-30-34-38-45(48)51-41-43(52-46(49)39-35-31-27-26-28-32-36-42(4)7-3)40-50-44(47)37-33-29-24-22-17-15-13-11-9-6-2/h42-43H,5-41H2,1-4H3/t42?,43-/m0/s1. The Balaban J connectivity index is 4.31. The highest BCUT2D eigenvalue weighted by Gasteiger charge is 2.19. The molecule has 0 bridgehead atoms. The Labute approximate surface area is 323 Å². The molecule has 52 heavy (non-hydrogen) atoms. The van der Waals surface area contributed by atoms with E-state index >= 15 is 0 Å². The molecule has 6 nitrogen and oxygen atoms in total. The van der Waals surface area contributed by atoms with E-state index in [-0.39, 0.29) is 31.1 Å². The van der Waals surface area contributed by atoms with Crippen LogP contribution in [0.25, 0.3) is 0 Å². The highest BCUT2D eigenvalue weighted by molar-refractivity contribution is 5.71. The van der Waals surface area contributed by atoms with Crippen molar-refractivity contribution in [2.45, 2.75) is 259 Å². The second kappa shape index (κ2) is 40.6. The van der Waals surface area contributed by atoms with Crippen LogP contribution in [0.5, 0.6) is 0 Å². The first-order chi connectivity index (χ1) is 25.4. The molecule has 0 heterocycles. The number of carbonyl (C=O) groups excluding carboxylic acids is 3. The van der Waals surface area contributed by atoms with E-state index in [1.807, 2.05) is 0 Å². The lowest BCUT2D eigenvalue weighted by molar-refractivity contribution is -0.167. The smallest absolute Gasteiger partial charge is 0.306 e. The lowest BCUT2D eigenvalue weighted by Gasteiger charge is -2.18. The predicted molar refractivity (Wildman–Crippen MR) is 220 cm³/mol. The van der Waals surface area contributed by atoms with Gasteiger partial charge in [0.2, 0.25) is 0 Å². The van der Waals surface area contributed by atoms with Gasteiger partial charge in [0.05, 0.1) is 0 Å². The first-order valence-electron chi connectivity index (χ1n) is 22.9. The largest absolute Gasteiger partial charge is 0.462 e. The van der Waals surface area contributed by atoms with Crippen LogP contribution in [-0.4, -0.2) is 37.2 Å². The number of rotatable bonds is 41. The van der Waals surface area contributed by atoms with Gasteiger partial charge < -0.3 is 14.2 Å². The average molecular weight is 737 g/mol. The summed E-state index contributed by atoms with van der Waals surface area (Å²) in [6, 6.07) is 0. The van der Waals surface area contributed by atoms with Gasteiger partial charge in [-0.15, -0.1) is 0 Å². The number of hydrogen-bond acceptors (Lipinski definition) is 6. The van der Waals surface area contributed by atoms with E-state index < -0.39 is 6.10 Å². The molecule has 0 aromatic carbocycles. The maximum atomic E-state index is 12.7. The summed E-state index contributed by atoms with van der Waals surface area (Å²) in [4.78, 5) is 37.6. The molecule has 0 aromatic rings. The van der Waals surface area contributed by atoms with Crippen molar-refractivity contribution in [1.29, 1.82) is 0 Å². The molecule has 2 atom stereocenters. The van der Waals surface area contributed by atoms with Crippen LogP contribution in [0.4, 0.5) is 0 Å². The van der Waals surface area contributed by atoms with E-state index in [9.17, 15) is 14.4 Å². The predicted octanol–water partition coefficient (Wildman–Crippen LogP) is 14.3. The van der Waals surface area contributed by atoms with Gasteiger partial charge >= 0.3 is 17.9 Å². The highest BCUT2D eigenvalue weighted by Crippen LogP contribution is 2.17. The maximum Gasteiger partial charge on any atom is 0.306 e. The van der Waals surface area contributed by atoms with Crippen LogP contribution in [0.3, 0.4) is 0 Å². The molecule has 0 aliphatic heterocycles. The number of carbonyl (C=O) groups is 3. The van der Waals surface area contributed by atoms with Gasteiger partial charge in [-0.05, 0) is 25.2 Å². The molecule has 0 amide bonds. The SMILES string of the molecule is CCCCCCCCCCCCCCCCC(=O)OC[C@H](COC(=O)CCCCCCCCCCCC)OC(=O)CCCCCCCCC(C)CC. The minimum Gasteiger partial charge on any atom is -0.462 e. The molecule has 0 N–H and O–H groups in total. The molecule has 0 rings (SSSR count). The summed E-state index contributed by atoms with van der Waals surface area (Å²) in [6.07, 6.45) is 39.4. The first-order valence-corrected chi connectivity index (χ1v) is 22.9. The van der Waals surface area contributed by atoms with Crippen molar-refractivity contribution < 1.29 is 28.6 Å². The van der Waals surface area contributed by atoms with Gasteiger partial charge in [0.15, 0.2) is 6.10 Å². The maximum absolute atomic E-state index is 12.7. The molecular formula is C46H88O6. The first kappa shape index (κ1) is 50.4. The summed E-state index contributed by atoms with van der Waals surface area (Å²) >= 11 is 0. The van der Waals surface area contributed by atoms with E-state index in [0.29, 0.717) is 19.3 Å². The van der Waals surface area contributed by atoms with Crippen LogP contribution in [0.1, 0.15) is 252 Å². The summed E-state index contributed by atoms with van der Waals surface area (Å²) in [5, 5.41) is 0. The lowest BCUT2D eigenvalue weighted by atomic mass is 10.00. The summed E-state index contributed by atoms with van der Waals surface area (Å²) in [6.45, 7) is 8.96. The quantitative estimate of drug-likeness (QED) is 0.0353. The molecule has 0 aliphatic rings. The topological polar surface area (TPSA) is 78.9 Å². The summed E-state index contributed by atoms with van der Waals surface area (Å²) < 4.78 is 16.7. The molecule has 308 valence electrons. The van der Waals surface area contributed by atoms with Crippen LogP contribution in [-0.2, 0) is 28.6 Å². The molecule has 0 saturated heterocycles. The molecule has 6 heteroatoms. The Morgan fingerprint density at radius 3 is 1.00 bits per heavy atom. The number of hydrogen-bond donors (Lipinski definition) is 0. The van der Waals surface area contributed by atoms with Gasteiger partial charge in [-0.25, -0.2) is 0 Å². The van der Waals surface area contributed by atoms with Crippen molar-refractivity contribution in [3.8, 4) is 0 Å². The molecule has 0 aliphatic carbocycles. The van der Waals surface area contributed by atoms with Crippen molar-refractivity contribution in [1.82, 2.24) is 0 Å². The molecule has 0 saturated carbocycles. The molecule has 0 radical (unpaired) electrons. The van der Waals surface area contributed by atoms with E-state index in [2.05, 4.69) is 27.7 Å². The minimum atomic E-state index is -0.759. The van der Waals surface area contributed by atoms with Gasteiger partial charge in [0.1, 0.15) is 13.2 Å². The van der Waals surface area contributed by atoms with E-state index in [4.69, 9.17) is 14.2 Å². The van der Waals surface area contributed by atoms with Gasteiger partial charge in [-0.1, -0.05) is 214 Å². The van der Waals surface area contributed by atoms with Crippen molar-refractivity contribution in [2.24, 2.45) is 5.92 Å². The fourth-order valence-electron chi connectivity index (χ4n) is 6.77. The number of esters is 3. The number of ether oxygens (including phenoxy) is 3. The van der Waals surface area contributed by atoms with Crippen molar-refractivity contribution in [3.63, 3.8) is 0 Å². The normalized spacial score (nSPS) is 12.5. The van der Waals surface area contributed by atoms with Crippen LogP contribution < -0.4 is 0 Å². The fourth-order valence-corrected chi connectivity index (χ4v) is 6.77. The van der Waals surface area contributed by atoms with Crippen LogP contribution in [0.15, 0.2) is 0 Å². The molecule has 0 aromatic heterocycles. The van der Waals surface area contributed by atoms with Gasteiger partial charge in [0.25, 0.3) is 0 Å². The Bertz CT molecular complexity index is 783. The zero-order valence-corrected chi connectivity index (χ0v) is 35.3. The number of unbranched alkanes of at least 4 members (excludes halogenated alkanes) is 27. The Kier molecular flexibility index (Phi) is 39.4. The zero-order valence-electron chi connectivity index (χ0n) is 35.3. The third kappa shape index (κ3) is 38.1. The second-order valence-corrected chi connectivity index (χ2v) is 15.9. The summed E-state index contributed by atoms with van der Waals surface area (Å²) in [5.41, 5.74) is 0. The molecule has 0 fully saturated rings. The summed E-state index contributed by atoms with van der Waals surface area (Å²) in [5.74, 6) is -0.0479. The van der Waals surface area contributed by atoms with Crippen LogP contribution in [0, 0.1) is 5.92 Å². The summed E-state index contributed by atoms with van der Waals surface area (Å²) in [7, 11) is 0. The highest BCUT2D eigenvalue weighted by atomic mass is 16.6. The third-order valence-electron chi connectivity index (χ3n) is 10.7. The lowest BCUT2D eigenvalue weighted by Crippen LogP contribution is -2.30. The van der Waals surface area contributed by atoms with Gasteiger partial charge in [0, 0.05) is 19.3 Å². The van der Waals surface area contributed by atoms with Crippen LogP contribution in [0.2, 0.25) is 0 Å². The Hall–Kier alpha value is -1.59. The van der Waals surface area contributed by atoms with Crippen molar-refractivity contribution >= 4 is 17.9 Å². The molecular weight excluding hydrogens is 648 g/mol. The van der Waals surface area contributed by atoms with Gasteiger partial charge in [-0.2, -0.15) is 0 Å². The van der Waals surface area contributed by atoms with E-state index in [1.165, 1.54) is 148 Å². The average Bonchev–Trinajstić information content (AvgIpc) is 3.14. The molecule has 0 spiro atoms. The monoisotopic (exact) mass is 737 g/mol. The van der Waals surface area contributed by atoms with E-state index in [1.54, 1.807) is 0 Å². The third-order valence-corrected chi connectivity index (χ3v) is 10.7. The minimum absolute atomic E-state index is 0.0646. The molecule has 1 unspecified atom stereocenters. The second-order valence-electron chi connectivity index (χ2n) is 15.9. The van der Waals surface area contributed by atoms with Gasteiger partial charge in [-0.3, -0.25) is 14.4 Å². The Morgan fingerprint density at radius 2 is 0.673 bits per heavy atom. The Morgan fingerprint density at radius 1 is 0.385 bits per heavy atom. The van der Waals surface area contributed by atoms with Crippen molar-refractivity contribution in [3.05, 3.63) is 0 Å².